The highest BCUT2D eigenvalue weighted by Crippen LogP contribution is 2.30. The number of carbonyl (C=O) groups is 1. The highest BCUT2D eigenvalue weighted by molar-refractivity contribution is 6.67. The molecule has 0 spiro atoms. The Hall–Kier alpha value is -2.16. The Morgan fingerprint density at radius 3 is 2.68 bits per heavy atom. The van der Waals surface area contributed by atoms with Crippen molar-refractivity contribution in [1.82, 2.24) is 0 Å². The van der Waals surface area contributed by atoms with Crippen LogP contribution in [0, 0.1) is 11.2 Å². The lowest BCUT2D eigenvalue weighted by Gasteiger charge is -2.30. The van der Waals surface area contributed by atoms with Crippen LogP contribution in [0.1, 0.15) is 10.4 Å². The maximum atomic E-state index is 11.4. The third kappa shape index (κ3) is 2.82. The molecule has 0 radical (unpaired) electrons. The number of ether oxygens (including phenoxy) is 1. The summed E-state index contributed by atoms with van der Waals surface area (Å²) in [6, 6.07) is 4.77. The first-order chi connectivity index (χ1) is 9.15. The molecule has 1 aliphatic heterocycles. The van der Waals surface area contributed by atoms with Gasteiger partial charge in [-0.25, -0.2) is 10.1 Å². The predicted molar refractivity (Wildman–Crippen MR) is 72.6 cm³/mol. The van der Waals surface area contributed by atoms with E-state index in [1.165, 1.54) is 13.2 Å². The molecular weight excluding hydrogens is 243 g/mol. The van der Waals surface area contributed by atoms with Crippen molar-refractivity contribution in [2.24, 2.45) is 0 Å². The van der Waals surface area contributed by atoms with Crippen LogP contribution in [0.2, 0.25) is 12.6 Å². The van der Waals surface area contributed by atoms with Gasteiger partial charge in [0.05, 0.1) is 18.4 Å². The number of phenolic OH excluding ortho intramolecular Hbond substituents is 1. The van der Waals surface area contributed by atoms with E-state index in [-0.39, 0.29) is 12.5 Å². The Morgan fingerprint density at radius 2 is 2.16 bits per heavy atom. The van der Waals surface area contributed by atoms with E-state index in [0.29, 0.717) is 11.3 Å². The number of carbonyl (C=O) groups excluding carboxylic acids is 1. The van der Waals surface area contributed by atoms with Crippen LogP contribution in [0.4, 0.5) is 5.69 Å². The number of hydrogen-bond acceptors (Lipinski definition) is 5. The zero-order valence-corrected chi connectivity index (χ0v) is 10.8. The summed E-state index contributed by atoms with van der Waals surface area (Å²) < 4.78 is 4.61. The van der Waals surface area contributed by atoms with Gasteiger partial charge in [0, 0.05) is 19.1 Å². The number of aromatic hydroxyl groups is 1. The minimum atomic E-state index is -0.468. The lowest BCUT2D eigenvalue weighted by atomic mass is 9.45. The van der Waals surface area contributed by atoms with Crippen LogP contribution in [-0.2, 0) is 4.74 Å². The maximum absolute atomic E-state index is 11.4. The molecule has 1 fully saturated rings. The minimum Gasteiger partial charge on any atom is -0.506 e. The quantitative estimate of drug-likeness (QED) is 0.643. The maximum Gasteiger partial charge on any atom is 0.337 e. The number of hydrogen-bond donors (Lipinski definition) is 1. The van der Waals surface area contributed by atoms with E-state index in [9.17, 15) is 9.90 Å². The van der Waals surface area contributed by atoms with E-state index in [1.807, 2.05) is 4.90 Å². The first kappa shape index (κ1) is 13.3. The highest BCUT2D eigenvalue weighted by atomic mass is 16.5. The molecule has 19 heavy (non-hydrogen) atoms. The van der Waals surface area contributed by atoms with Crippen LogP contribution in [0.3, 0.4) is 0 Å². The van der Waals surface area contributed by atoms with Crippen LogP contribution in [0.15, 0.2) is 18.2 Å². The molecule has 98 valence electrons. The average Bonchev–Trinajstić information content (AvgIpc) is 2.46. The molecule has 6 heteroatoms. The number of benzene rings is 1. The lowest BCUT2D eigenvalue weighted by molar-refractivity contribution is 0.0600. The molecule has 0 atom stereocenters. The standard InChI is InChI=1S/C13H15BN2O3/c1-19-13(18)10-2-3-11(12(17)8-10)16-6-4-14(9-15)5-7-16/h2-3,8,17H,4-7H2,1H3. The Bertz CT molecular complexity index is 519. The fourth-order valence-corrected chi connectivity index (χ4v) is 2.29. The molecule has 1 aliphatic rings. The fourth-order valence-electron chi connectivity index (χ4n) is 2.29. The molecule has 0 bridgehead atoms. The second kappa shape index (κ2) is 5.66. The molecule has 0 aromatic heterocycles. The van der Waals surface area contributed by atoms with Crippen LogP contribution >= 0.6 is 0 Å². The minimum absolute atomic E-state index is 0.0679. The monoisotopic (exact) mass is 258 g/mol. The molecule has 1 heterocycles. The number of nitrogens with zero attached hydrogens (tertiary/aromatic N) is 2. The molecule has 0 amide bonds. The van der Waals surface area contributed by atoms with Crippen molar-refractivity contribution in [3.63, 3.8) is 0 Å². The van der Waals surface area contributed by atoms with Gasteiger partial charge in [0.1, 0.15) is 5.75 Å². The van der Waals surface area contributed by atoms with Gasteiger partial charge in [0.15, 0.2) is 0 Å². The summed E-state index contributed by atoms with van der Waals surface area (Å²) in [7, 11) is 1.31. The van der Waals surface area contributed by atoms with Gasteiger partial charge in [-0.2, -0.15) is 0 Å². The molecule has 0 unspecified atom stereocenters. The second-order valence-electron chi connectivity index (χ2n) is 4.59. The molecular formula is C13H15BN2O3. The number of anilines is 1. The van der Waals surface area contributed by atoms with Crippen LogP contribution in [0.5, 0.6) is 5.75 Å². The molecule has 5 nitrogen and oxygen atoms in total. The van der Waals surface area contributed by atoms with E-state index in [1.54, 1.807) is 12.1 Å². The Morgan fingerprint density at radius 1 is 1.47 bits per heavy atom. The van der Waals surface area contributed by atoms with Gasteiger partial charge < -0.3 is 14.7 Å². The van der Waals surface area contributed by atoms with Crippen LogP contribution in [-0.4, -0.2) is 38.0 Å². The van der Waals surface area contributed by atoms with E-state index in [4.69, 9.17) is 5.26 Å². The van der Waals surface area contributed by atoms with Gasteiger partial charge in [-0.15, -0.1) is 0 Å². The summed E-state index contributed by atoms with van der Waals surface area (Å²) in [5.41, 5.74) is 1.03. The third-order valence-electron chi connectivity index (χ3n) is 3.41. The topological polar surface area (TPSA) is 73.6 Å². The normalized spacial score (nSPS) is 14.9. The van der Waals surface area contributed by atoms with Gasteiger partial charge >= 0.3 is 5.97 Å². The Balaban J connectivity index is 2.14. The van der Waals surface area contributed by atoms with E-state index >= 15 is 0 Å². The Labute approximate surface area is 112 Å². The first-order valence-electron chi connectivity index (χ1n) is 6.21. The Kier molecular flexibility index (Phi) is 3.95. The number of nitriles is 1. The number of methoxy groups -OCH3 is 1. The zero-order chi connectivity index (χ0) is 13.8. The zero-order valence-electron chi connectivity index (χ0n) is 10.8. The predicted octanol–water partition coefficient (Wildman–Crippen LogP) is 1.56. The first-order valence-corrected chi connectivity index (χ1v) is 6.21. The molecule has 2 rings (SSSR count). The van der Waals surface area contributed by atoms with Crippen molar-refractivity contribution in [2.75, 3.05) is 25.1 Å². The smallest absolute Gasteiger partial charge is 0.337 e. The molecule has 0 saturated carbocycles. The average molecular weight is 258 g/mol. The summed E-state index contributed by atoms with van der Waals surface area (Å²) in [6.07, 6.45) is 1.60. The van der Waals surface area contributed by atoms with Gasteiger partial charge in [0.2, 0.25) is 0 Å². The lowest BCUT2D eigenvalue weighted by Crippen LogP contribution is -2.36. The fraction of sp³-hybridized carbons (Fsp3) is 0.385. The van der Waals surface area contributed by atoms with Crippen molar-refractivity contribution >= 4 is 18.4 Å². The van der Waals surface area contributed by atoms with Gasteiger partial charge in [0.25, 0.3) is 6.71 Å². The summed E-state index contributed by atoms with van der Waals surface area (Å²) in [4.78, 5) is 13.4. The van der Waals surface area contributed by atoms with E-state index < -0.39 is 5.97 Å². The van der Waals surface area contributed by atoms with Gasteiger partial charge in [-0.05, 0) is 30.8 Å². The van der Waals surface area contributed by atoms with E-state index in [2.05, 4.69) is 10.7 Å². The number of esters is 1. The van der Waals surface area contributed by atoms with Crippen molar-refractivity contribution in [2.45, 2.75) is 12.6 Å². The molecule has 1 aromatic carbocycles. The van der Waals surface area contributed by atoms with Gasteiger partial charge in [-0.1, -0.05) is 0 Å². The molecule has 1 N–H and O–H groups in total. The molecule has 0 aliphatic carbocycles. The van der Waals surface area contributed by atoms with Crippen LogP contribution in [0.25, 0.3) is 0 Å². The van der Waals surface area contributed by atoms with Crippen molar-refractivity contribution in [1.29, 1.82) is 5.26 Å². The number of rotatable bonds is 2. The van der Waals surface area contributed by atoms with Crippen molar-refractivity contribution < 1.29 is 14.6 Å². The largest absolute Gasteiger partial charge is 0.506 e. The summed E-state index contributed by atoms with van der Waals surface area (Å²) >= 11 is 0. The summed E-state index contributed by atoms with van der Waals surface area (Å²) in [5, 5.41) is 18.9. The number of phenols is 1. The van der Waals surface area contributed by atoms with Crippen LogP contribution < -0.4 is 4.90 Å². The van der Waals surface area contributed by atoms with E-state index in [0.717, 1.165) is 25.7 Å². The van der Waals surface area contributed by atoms with Crippen molar-refractivity contribution in [3.05, 3.63) is 23.8 Å². The summed E-state index contributed by atoms with van der Waals surface area (Å²) in [5.74, 6) is 1.87. The summed E-state index contributed by atoms with van der Waals surface area (Å²) in [6.45, 7) is 1.58. The highest BCUT2D eigenvalue weighted by Gasteiger charge is 2.24. The molecule has 1 saturated heterocycles. The molecule has 1 aromatic rings. The van der Waals surface area contributed by atoms with Gasteiger partial charge in [-0.3, -0.25) is 0 Å². The van der Waals surface area contributed by atoms with Crippen molar-refractivity contribution in [3.8, 4) is 11.7 Å². The third-order valence-corrected chi connectivity index (χ3v) is 3.41. The second-order valence-corrected chi connectivity index (χ2v) is 4.59. The SMILES string of the molecule is COC(=O)c1ccc(N2CCB(C#N)CC2)c(O)c1.